The van der Waals surface area contributed by atoms with E-state index in [1.54, 1.807) is 5.57 Å². The van der Waals surface area contributed by atoms with E-state index < -0.39 is 0 Å². The highest BCUT2D eigenvalue weighted by atomic mass is 14.3. The minimum absolute atomic E-state index is 0.257. The molecule has 1 unspecified atom stereocenters. The highest BCUT2D eigenvalue weighted by Crippen LogP contribution is 2.41. The molecule has 0 saturated carbocycles. The molecule has 2 aliphatic carbocycles. The molecule has 0 N–H and O–H groups in total. The van der Waals surface area contributed by atoms with Crippen molar-refractivity contribution in [1.82, 2.24) is 0 Å². The monoisotopic (exact) mass is 534 g/mol. The lowest BCUT2D eigenvalue weighted by Gasteiger charge is -2.32. The molecule has 0 amide bonds. The Balaban J connectivity index is 1.84. The van der Waals surface area contributed by atoms with Gasteiger partial charge in [-0.3, -0.25) is 0 Å². The second kappa shape index (κ2) is 15.7. The standard InChI is InChI=1S/C40H54/c1-31(19-13-21-33(3)25-27-37-35(5)23-15-29-39(37,7)8)17-11-12-18-32(2)20-14-22-34(4)26-28-38-36(6)24-16-30-40(38,9)10/h13,17,19,21,24-28,32H,15-16,18,22-23,29-30H2,1-10H3/b19-13+,27-25+,31-17+,33-21+,34-26+,38-28+. The van der Waals surface area contributed by atoms with E-state index in [4.69, 9.17) is 0 Å². The fourth-order valence-electron chi connectivity index (χ4n) is 5.54. The smallest absolute Gasteiger partial charge is 0.0299 e. The van der Waals surface area contributed by atoms with Gasteiger partial charge >= 0.3 is 0 Å². The van der Waals surface area contributed by atoms with Crippen LogP contribution in [0.3, 0.4) is 0 Å². The van der Waals surface area contributed by atoms with Gasteiger partial charge in [0, 0.05) is 18.8 Å². The first-order valence-electron chi connectivity index (χ1n) is 15.2. The van der Waals surface area contributed by atoms with Crippen LogP contribution >= 0.6 is 0 Å². The summed E-state index contributed by atoms with van der Waals surface area (Å²) in [6, 6.07) is 0. The predicted molar refractivity (Wildman–Crippen MR) is 179 cm³/mol. The van der Waals surface area contributed by atoms with Crippen molar-refractivity contribution in [1.29, 1.82) is 0 Å². The third kappa shape index (κ3) is 11.3. The minimum atomic E-state index is 0.257. The van der Waals surface area contributed by atoms with E-state index in [-0.39, 0.29) is 16.7 Å². The van der Waals surface area contributed by atoms with Gasteiger partial charge in [0.1, 0.15) is 0 Å². The second-order valence-electron chi connectivity index (χ2n) is 13.3. The first-order valence-corrected chi connectivity index (χ1v) is 15.2. The minimum Gasteiger partial charge on any atom is -0.0989 e. The van der Waals surface area contributed by atoms with E-state index >= 15 is 0 Å². The quantitative estimate of drug-likeness (QED) is 0.225. The van der Waals surface area contributed by atoms with Crippen molar-refractivity contribution in [3.8, 4) is 23.7 Å². The SMILES string of the molecule is CC1=CCCC(C)(C)/C1=C/C=C(\C)CC#CC(C)CC#C/C=C(C)/C=C/C=C(C)/C=C/C1=C(C)CCCC1(C)C. The molecule has 0 aromatic rings. The summed E-state index contributed by atoms with van der Waals surface area (Å²) >= 11 is 0. The van der Waals surface area contributed by atoms with Crippen LogP contribution in [0.4, 0.5) is 0 Å². The zero-order valence-electron chi connectivity index (χ0n) is 27.2. The van der Waals surface area contributed by atoms with E-state index in [0.717, 1.165) is 18.4 Å². The topological polar surface area (TPSA) is 0 Å². The highest BCUT2D eigenvalue weighted by molar-refractivity contribution is 5.40. The summed E-state index contributed by atoms with van der Waals surface area (Å²) < 4.78 is 0. The van der Waals surface area contributed by atoms with Crippen LogP contribution in [-0.2, 0) is 0 Å². The maximum absolute atomic E-state index is 3.38. The third-order valence-corrected chi connectivity index (χ3v) is 8.21. The summed E-state index contributed by atoms with van der Waals surface area (Å²) in [5.74, 6) is 13.5. The Labute approximate surface area is 247 Å². The van der Waals surface area contributed by atoms with E-state index in [0.29, 0.717) is 0 Å². The molecule has 0 saturated heterocycles. The number of allylic oxidation sites excluding steroid dienone is 16. The molecular formula is C40H54. The number of hydrogen-bond donors (Lipinski definition) is 0. The van der Waals surface area contributed by atoms with Crippen molar-refractivity contribution >= 4 is 0 Å². The molecular weight excluding hydrogens is 480 g/mol. The molecule has 214 valence electrons. The number of hydrogen-bond acceptors (Lipinski definition) is 0. The molecule has 0 spiro atoms. The Hall–Kier alpha value is -2.96. The van der Waals surface area contributed by atoms with E-state index in [1.807, 2.05) is 6.08 Å². The first-order chi connectivity index (χ1) is 18.8. The summed E-state index contributed by atoms with van der Waals surface area (Å²) in [7, 11) is 0. The molecule has 2 rings (SSSR count). The average Bonchev–Trinajstić information content (AvgIpc) is 2.85. The molecule has 0 heterocycles. The molecule has 0 nitrogen and oxygen atoms in total. The van der Waals surface area contributed by atoms with E-state index in [2.05, 4.69) is 142 Å². The van der Waals surface area contributed by atoms with Crippen LogP contribution < -0.4 is 0 Å². The molecule has 0 fully saturated rings. The normalized spacial score (nSPS) is 21.7. The summed E-state index contributed by atoms with van der Waals surface area (Å²) in [6.07, 6.45) is 27.7. The van der Waals surface area contributed by atoms with Gasteiger partial charge in [0.25, 0.3) is 0 Å². The first kappa shape index (κ1) is 33.2. The molecule has 0 radical (unpaired) electrons. The Morgan fingerprint density at radius 2 is 1.70 bits per heavy atom. The Kier molecular flexibility index (Phi) is 13.1. The van der Waals surface area contributed by atoms with Crippen LogP contribution in [0.5, 0.6) is 0 Å². The maximum Gasteiger partial charge on any atom is 0.0299 e. The van der Waals surface area contributed by atoms with Crippen molar-refractivity contribution in [3.63, 3.8) is 0 Å². The summed E-state index contributed by atoms with van der Waals surface area (Å²) in [5.41, 5.74) is 10.2. The van der Waals surface area contributed by atoms with Gasteiger partial charge in [0.2, 0.25) is 0 Å². The van der Waals surface area contributed by atoms with E-state index in [9.17, 15) is 0 Å². The van der Waals surface area contributed by atoms with Crippen LogP contribution in [0.25, 0.3) is 0 Å². The molecule has 0 bridgehead atoms. The largest absolute Gasteiger partial charge is 0.0989 e. The second-order valence-corrected chi connectivity index (χ2v) is 13.3. The average molecular weight is 535 g/mol. The van der Waals surface area contributed by atoms with Gasteiger partial charge in [0.15, 0.2) is 0 Å². The van der Waals surface area contributed by atoms with Crippen molar-refractivity contribution in [2.75, 3.05) is 0 Å². The van der Waals surface area contributed by atoms with Crippen LogP contribution in [0.15, 0.2) is 93.7 Å². The Morgan fingerprint density at radius 1 is 0.950 bits per heavy atom. The van der Waals surface area contributed by atoms with Gasteiger partial charge in [0.05, 0.1) is 0 Å². The third-order valence-electron chi connectivity index (χ3n) is 8.21. The predicted octanol–water partition coefficient (Wildman–Crippen LogP) is 11.6. The molecule has 2 aliphatic rings. The lowest BCUT2D eigenvalue weighted by atomic mass is 9.72. The molecule has 0 aliphatic heterocycles. The molecule has 0 aromatic carbocycles. The fourth-order valence-corrected chi connectivity index (χ4v) is 5.54. The van der Waals surface area contributed by atoms with Crippen molar-refractivity contribution in [2.24, 2.45) is 16.7 Å². The lowest BCUT2D eigenvalue weighted by molar-refractivity contribution is 0.377. The van der Waals surface area contributed by atoms with Gasteiger partial charge in [-0.1, -0.05) is 129 Å². The van der Waals surface area contributed by atoms with Gasteiger partial charge in [-0.2, -0.15) is 0 Å². The van der Waals surface area contributed by atoms with Crippen LogP contribution in [0, 0.1) is 40.4 Å². The molecule has 0 heteroatoms. The fraction of sp³-hybridized carbons (Fsp3) is 0.500. The van der Waals surface area contributed by atoms with Crippen molar-refractivity contribution in [2.45, 2.75) is 114 Å². The van der Waals surface area contributed by atoms with Gasteiger partial charge < -0.3 is 0 Å². The Morgan fingerprint density at radius 3 is 2.40 bits per heavy atom. The van der Waals surface area contributed by atoms with Gasteiger partial charge in [-0.05, 0) is 100 Å². The van der Waals surface area contributed by atoms with Crippen molar-refractivity contribution < 1.29 is 0 Å². The molecule has 40 heavy (non-hydrogen) atoms. The zero-order chi connectivity index (χ0) is 29.8. The lowest BCUT2D eigenvalue weighted by Crippen LogP contribution is -2.19. The molecule has 0 aromatic heterocycles. The van der Waals surface area contributed by atoms with Crippen LogP contribution in [0.2, 0.25) is 0 Å². The van der Waals surface area contributed by atoms with E-state index in [1.165, 1.54) is 60.0 Å². The number of rotatable bonds is 7. The summed E-state index contributed by atoms with van der Waals surface area (Å²) in [6.45, 7) is 22.6. The van der Waals surface area contributed by atoms with Crippen LogP contribution in [0.1, 0.15) is 114 Å². The van der Waals surface area contributed by atoms with Gasteiger partial charge in [-0.15, -0.1) is 0 Å². The molecule has 1 atom stereocenters. The van der Waals surface area contributed by atoms with Gasteiger partial charge in [-0.25, -0.2) is 0 Å². The van der Waals surface area contributed by atoms with Crippen LogP contribution in [-0.4, -0.2) is 0 Å². The highest BCUT2D eigenvalue weighted by Gasteiger charge is 2.27. The summed E-state index contributed by atoms with van der Waals surface area (Å²) in [4.78, 5) is 0. The van der Waals surface area contributed by atoms with Crippen molar-refractivity contribution in [3.05, 3.63) is 93.7 Å². The summed E-state index contributed by atoms with van der Waals surface area (Å²) in [5, 5.41) is 0. The maximum atomic E-state index is 3.38. The zero-order valence-corrected chi connectivity index (χ0v) is 27.2. The Bertz CT molecular complexity index is 1260.